The van der Waals surface area contributed by atoms with Crippen LogP contribution in [0.1, 0.15) is 5.69 Å². The first kappa shape index (κ1) is 17.6. The van der Waals surface area contributed by atoms with Gasteiger partial charge in [0.2, 0.25) is 0 Å². The third-order valence-corrected chi connectivity index (χ3v) is 5.19. The minimum atomic E-state index is -0.587. The minimum Gasteiger partial charge on any atom is -0.355 e. The number of nitrogens with one attached hydrogen (secondary N) is 1. The molecule has 0 spiro atoms. The molecule has 4 rings (SSSR count). The molecule has 3 heterocycles. The zero-order chi connectivity index (χ0) is 19.0. The van der Waals surface area contributed by atoms with E-state index in [4.69, 9.17) is 28.3 Å². The van der Waals surface area contributed by atoms with Crippen molar-refractivity contribution in [1.82, 2.24) is 10.5 Å². The molecule has 1 saturated heterocycles. The maximum atomic E-state index is 12.9. The van der Waals surface area contributed by atoms with Gasteiger partial charge >= 0.3 is 0 Å². The molecule has 0 bridgehead atoms. The molecule has 1 aliphatic rings. The second-order valence-corrected chi connectivity index (χ2v) is 7.30. The van der Waals surface area contributed by atoms with Crippen LogP contribution in [0.4, 0.5) is 5.69 Å². The maximum Gasteiger partial charge on any atom is 0.270 e. The van der Waals surface area contributed by atoms with Crippen molar-refractivity contribution in [2.45, 2.75) is 0 Å². The summed E-state index contributed by atoms with van der Waals surface area (Å²) >= 11 is 12.5. The van der Waals surface area contributed by atoms with Gasteiger partial charge in [-0.2, -0.15) is 0 Å². The molecular weight excluding hydrogens is 406 g/mol. The number of anilines is 1. The molecule has 3 aromatic rings. The molecule has 0 saturated carbocycles. The van der Waals surface area contributed by atoms with Gasteiger partial charge in [0.05, 0.1) is 10.6 Å². The maximum absolute atomic E-state index is 12.9. The van der Waals surface area contributed by atoms with Gasteiger partial charge in [-0.3, -0.25) is 19.8 Å². The Hall–Kier alpha value is -2.81. The number of rotatable bonds is 3. The van der Waals surface area contributed by atoms with Crippen LogP contribution >= 0.6 is 35.2 Å². The molecule has 1 aromatic carbocycles. The number of thiocarbonyl (C=S) groups is 1. The Morgan fingerprint density at radius 2 is 2.00 bits per heavy atom. The molecule has 1 N–H and O–H groups in total. The van der Waals surface area contributed by atoms with Crippen LogP contribution in [0.5, 0.6) is 0 Å². The summed E-state index contributed by atoms with van der Waals surface area (Å²) in [4.78, 5) is 27.3. The molecule has 6 nitrogen and oxygen atoms in total. The number of thiophene rings is 1. The number of halogens is 1. The average molecular weight is 416 g/mol. The van der Waals surface area contributed by atoms with Crippen LogP contribution in [0.2, 0.25) is 5.02 Å². The van der Waals surface area contributed by atoms with E-state index in [0.717, 1.165) is 4.88 Å². The van der Waals surface area contributed by atoms with Gasteiger partial charge in [0, 0.05) is 11.1 Å². The zero-order valence-electron chi connectivity index (χ0n) is 13.5. The second-order valence-electron chi connectivity index (χ2n) is 5.53. The molecule has 27 heavy (non-hydrogen) atoms. The van der Waals surface area contributed by atoms with Crippen molar-refractivity contribution in [2.75, 3.05) is 4.90 Å². The SMILES string of the molecule is O=C1NC(=S)N(c2ccc(Cl)cc2)C(=O)C1=Cc1cc(-c2cccs2)on1. The quantitative estimate of drug-likeness (QED) is 0.399. The molecular formula is C18H10ClN3O3S2. The van der Waals surface area contributed by atoms with E-state index >= 15 is 0 Å². The molecule has 0 radical (unpaired) electrons. The summed E-state index contributed by atoms with van der Waals surface area (Å²) in [5.41, 5.74) is 0.769. The molecule has 0 unspecified atom stereocenters. The molecule has 9 heteroatoms. The van der Waals surface area contributed by atoms with E-state index in [1.807, 2.05) is 17.5 Å². The predicted octanol–water partition coefficient (Wildman–Crippen LogP) is 3.89. The highest BCUT2D eigenvalue weighted by Gasteiger charge is 2.34. The van der Waals surface area contributed by atoms with E-state index < -0.39 is 11.8 Å². The first-order valence-corrected chi connectivity index (χ1v) is 9.37. The summed E-state index contributed by atoms with van der Waals surface area (Å²) in [6.07, 6.45) is 1.38. The van der Waals surface area contributed by atoms with Crippen molar-refractivity contribution in [3.05, 3.63) is 64.1 Å². The van der Waals surface area contributed by atoms with Gasteiger partial charge in [0.15, 0.2) is 10.9 Å². The highest BCUT2D eigenvalue weighted by Crippen LogP contribution is 2.27. The van der Waals surface area contributed by atoms with Crippen LogP contribution in [0.3, 0.4) is 0 Å². The molecule has 0 aliphatic carbocycles. The average Bonchev–Trinajstić information content (AvgIpc) is 3.31. The van der Waals surface area contributed by atoms with E-state index in [1.165, 1.54) is 22.3 Å². The standard InChI is InChI=1S/C18H10ClN3O3S2/c19-10-3-5-12(6-4-10)22-17(24)13(16(23)20-18(22)26)8-11-9-14(25-21-11)15-2-1-7-27-15/h1-9H,(H,20,23,26). The van der Waals surface area contributed by atoms with Crippen LogP contribution in [0.15, 0.2) is 57.9 Å². The smallest absolute Gasteiger partial charge is 0.270 e. The zero-order valence-corrected chi connectivity index (χ0v) is 15.9. The monoisotopic (exact) mass is 415 g/mol. The molecule has 2 aromatic heterocycles. The van der Waals surface area contributed by atoms with Crippen molar-refractivity contribution in [1.29, 1.82) is 0 Å². The number of amides is 2. The van der Waals surface area contributed by atoms with Crippen LogP contribution in [-0.2, 0) is 9.59 Å². The first-order valence-electron chi connectivity index (χ1n) is 7.70. The summed E-state index contributed by atoms with van der Waals surface area (Å²) < 4.78 is 5.29. The normalized spacial score (nSPS) is 16.1. The van der Waals surface area contributed by atoms with Crippen molar-refractivity contribution >= 4 is 63.8 Å². The number of carbonyl (C=O) groups excluding carboxylic acids is 2. The molecule has 1 fully saturated rings. The lowest BCUT2D eigenvalue weighted by atomic mass is 10.1. The van der Waals surface area contributed by atoms with Crippen molar-refractivity contribution in [3.63, 3.8) is 0 Å². The summed E-state index contributed by atoms with van der Waals surface area (Å²) in [6, 6.07) is 12.0. The lowest BCUT2D eigenvalue weighted by Gasteiger charge is -2.28. The fourth-order valence-electron chi connectivity index (χ4n) is 2.52. The number of aromatic nitrogens is 1. The van der Waals surface area contributed by atoms with Crippen LogP contribution in [0, 0.1) is 0 Å². The lowest BCUT2D eigenvalue weighted by molar-refractivity contribution is -0.122. The van der Waals surface area contributed by atoms with E-state index in [-0.39, 0.29) is 10.7 Å². The Bertz CT molecular complexity index is 1070. The van der Waals surface area contributed by atoms with Crippen molar-refractivity contribution in [2.24, 2.45) is 0 Å². The van der Waals surface area contributed by atoms with Gasteiger partial charge in [-0.1, -0.05) is 22.8 Å². The van der Waals surface area contributed by atoms with Gasteiger partial charge in [-0.05, 0) is 54.0 Å². The van der Waals surface area contributed by atoms with Gasteiger partial charge < -0.3 is 4.52 Å². The number of hydrogen-bond donors (Lipinski definition) is 1. The van der Waals surface area contributed by atoms with Crippen LogP contribution in [-0.4, -0.2) is 22.1 Å². The van der Waals surface area contributed by atoms with E-state index in [1.54, 1.807) is 30.3 Å². The summed E-state index contributed by atoms with van der Waals surface area (Å²) in [7, 11) is 0. The number of nitrogens with zero attached hydrogens (tertiary/aromatic N) is 2. The van der Waals surface area contributed by atoms with Crippen molar-refractivity contribution in [3.8, 4) is 10.6 Å². The van der Waals surface area contributed by atoms with Crippen LogP contribution in [0.25, 0.3) is 16.7 Å². The second kappa shape index (κ2) is 7.07. The Kier molecular flexibility index (Phi) is 4.61. The lowest BCUT2D eigenvalue weighted by Crippen LogP contribution is -2.54. The van der Waals surface area contributed by atoms with E-state index in [0.29, 0.717) is 22.2 Å². The number of benzene rings is 1. The predicted molar refractivity (Wildman–Crippen MR) is 107 cm³/mol. The summed E-state index contributed by atoms with van der Waals surface area (Å²) in [6.45, 7) is 0. The third kappa shape index (κ3) is 3.42. The Labute approximate surface area is 168 Å². The Balaban J connectivity index is 1.68. The van der Waals surface area contributed by atoms with Crippen LogP contribution < -0.4 is 10.2 Å². The highest BCUT2D eigenvalue weighted by atomic mass is 35.5. The number of hydrogen-bond acceptors (Lipinski definition) is 6. The molecule has 134 valence electrons. The van der Waals surface area contributed by atoms with Gasteiger partial charge in [0.25, 0.3) is 11.8 Å². The van der Waals surface area contributed by atoms with Gasteiger partial charge in [-0.25, -0.2) is 0 Å². The Morgan fingerprint density at radius 1 is 1.22 bits per heavy atom. The third-order valence-electron chi connectivity index (χ3n) is 3.77. The molecule has 1 aliphatic heterocycles. The minimum absolute atomic E-state index is 0.00361. The van der Waals surface area contributed by atoms with Gasteiger partial charge in [0.1, 0.15) is 11.3 Å². The summed E-state index contributed by atoms with van der Waals surface area (Å²) in [5.74, 6) is -0.576. The first-order chi connectivity index (χ1) is 13.0. The molecule has 0 atom stereocenters. The number of carbonyl (C=O) groups is 2. The fraction of sp³-hybridized carbons (Fsp3) is 0. The fourth-order valence-corrected chi connectivity index (χ4v) is 3.60. The van der Waals surface area contributed by atoms with E-state index in [9.17, 15) is 9.59 Å². The topological polar surface area (TPSA) is 75.4 Å². The highest BCUT2D eigenvalue weighted by molar-refractivity contribution is 7.80. The van der Waals surface area contributed by atoms with Gasteiger partial charge in [-0.15, -0.1) is 11.3 Å². The Morgan fingerprint density at radius 3 is 2.70 bits per heavy atom. The summed E-state index contributed by atoms with van der Waals surface area (Å²) in [5, 5.41) is 8.88. The van der Waals surface area contributed by atoms with Crippen molar-refractivity contribution < 1.29 is 14.1 Å². The largest absolute Gasteiger partial charge is 0.355 e. The molecule has 2 amide bonds. The van der Waals surface area contributed by atoms with E-state index in [2.05, 4.69) is 10.5 Å².